The van der Waals surface area contributed by atoms with E-state index < -0.39 is 0 Å². The molecule has 1 amide bonds. The maximum atomic E-state index is 12.9. The summed E-state index contributed by atoms with van der Waals surface area (Å²) < 4.78 is 6.29. The van der Waals surface area contributed by atoms with Crippen molar-refractivity contribution < 1.29 is 14.3 Å². The topological polar surface area (TPSA) is 46.6 Å². The van der Waals surface area contributed by atoms with E-state index in [0.717, 1.165) is 16.0 Å². The predicted molar refractivity (Wildman–Crippen MR) is 110 cm³/mol. The van der Waals surface area contributed by atoms with Crippen LogP contribution in [-0.2, 0) is 17.7 Å². The van der Waals surface area contributed by atoms with Crippen LogP contribution in [0.25, 0.3) is 0 Å². The zero-order chi connectivity index (χ0) is 19.7. The molecule has 0 fully saturated rings. The number of nitrogens with zero attached hydrogens (tertiary/aromatic N) is 1. The summed E-state index contributed by atoms with van der Waals surface area (Å²) in [5, 5.41) is 0. The molecule has 1 atom stereocenters. The third-order valence-electron chi connectivity index (χ3n) is 4.77. The zero-order valence-electron chi connectivity index (χ0n) is 15.2. The van der Waals surface area contributed by atoms with E-state index in [1.165, 1.54) is 11.3 Å². The fraction of sp³-hybridized carbons (Fsp3) is 0.182. The lowest BCUT2D eigenvalue weighted by Gasteiger charge is -2.26. The van der Waals surface area contributed by atoms with Crippen LogP contribution in [0, 0.1) is 0 Å². The molecule has 3 aromatic rings. The van der Waals surface area contributed by atoms with Crippen molar-refractivity contribution in [3.05, 3.63) is 92.1 Å². The van der Waals surface area contributed by atoms with Gasteiger partial charge in [-0.2, -0.15) is 0 Å². The standard InChI is InChI=1S/C22H18ClNO3S/c1-24(13-17-8-10-20(23)28-17)21(25)15-7-9-18-16(11-15)12-19(27-22(18)26)14-5-3-2-4-6-14/h2-11,19H,12-13H2,1H3/t19-/m0/s1. The molecular formula is C22H18ClNO3S. The van der Waals surface area contributed by atoms with Crippen LogP contribution in [0.5, 0.6) is 0 Å². The number of rotatable bonds is 4. The van der Waals surface area contributed by atoms with E-state index in [9.17, 15) is 9.59 Å². The molecule has 4 nitrogen and oxygen atoms in total. The molecule has 0 aliphatic carbocycles. The highest BCUT2D eigenvalue weighted by Gasteiger charge is 2.28. The number of benzene rings is 2. The minimum absolute atomic E-state index is 0.0949. The van der Waals surface area contributed by atoms with Crippen molar-refractivity contribution in [2.75, 3.05) is 7.05 Å². The third-order valence-corrected chi connectivity index (χ3v) is 5.98. The van der Waals surface area contributed by atoms with Crippen molar-refractivity contribution in [1.82, 2.24) is 4.90 Å². The maximum Gasteiger partial charge on any atom is 0.339 e. The number of halogens is 1. The number of amides is 1. The van der Waals surface area contributed by atoms with Crippen LogP contribution < -0.4 is 0 Å². The summed E-state index contributed by atoms with van der Waals surface area (Å²) in [4.78, 5) is 27.9. The van der Waals surface area contributed by atoms with Gasteiger partial charge in [0, 0.05) is 23.9 Å². The normalized spacial score (nSPS) is 15.6. The molecule has 0 bridgehead atoms. The Morgan fingerprint density at radius 1 is 1.18 bits per heavy atom. The lowest BCUT2D eigenvalue weighted by Crippen LogP contribution is -2.27. The van der Waals surface area contributed by atoms with Crippen LogP contribution in [0.1, 0.15) is 42.8 Å². The molecule has 1 aliphatic rings. The summed E-state index contributed by atoms with van der Waals surface area (Å²) in [5.41, 5.74) is 2.87. The second-order valence-electron chi connectivity index (χ2n) is 6.75. The number of hydrogen-bond donors (Lipinski definition) is 0. The number of esters is 1. The Morgan fingerprint density at radius 2 is 1.96 bits per heavy atom. The Balaban J connectivity index is 1.56. The number of carbonyl (C=O) groups is 2. The quantitative estimate of drug-likeness (QED) is 0.559. The highest BCUT2D eigenvalue weighted by Crippen LogP contribution is 2.31. The Kier molecular flexibility index (Phi) is 5.20. The maximum absolute atomic E-state index is 12.9. The minimum Gasteiger partial charge on any atom is -0.454 e. The van der Waals surface area contributed by atoms with E-state index in [4.69, 9.17) is 16.3 Å². The molecule has 1 aliphatic heterocycles. The van der Waals surface area contributed by atoms with Crippen LogP contribution in [0.15, 0.2) is 60.7 Å². The van der Waals surface area contributed by atoms with Gasteiger partial charge in [0.05, 0.1) is 16.4 Å². The van der Waals surface area contributed by atoms with Crippen LogP contribution in [0.4, 0.5) is 0 Å². The largest absolute Gasteiger partial charge is 0.454 e. The Bertz CT molecular complexity index is 1030. The summed E-state index contributed by atoms with van der Waals surface area (Å²) in [6, 6.07) is 18.6. The van der Waals surface area contributed by atoms with Crippen molar-refractivity contribution in [2.24, 2.45) is 0 Å². The van der Waals surface area contributed by atoms with Gasteiger partial charge in [0.25, 0.3) is 5.91 Å². The number of carbonyl (C=O) groups excluding carboxylic acids is 2. The molecule has 0 unspecified atom stereocenters. The molecule has 1 aromatic heterocycles. The molecule has 0 N–H and O–H groups in total. The van der Waals surface area contributed by atoms with Gasteiger partial charge in [-0.25, -0.2) is 4.79 Å². The first kappa shape index (κ1) is 18.7. The molecule has 0 spiro atoms. The van der Waals surface area contributed by atoms with Crippen molar-refractivity contribution >= 4 is 34.8 Å². The van der Waals surface area contributed by atoms with Crippen LogP contribution >= 0.6 is 22.9 Å². The monoisotopic (exact) mass is 411 g/mol. The van der Waals surface area contributed by atoms with Crippen molar-refractivity contribution in [3.63, 3.8) is 0 Å². The second-order valence-corrected chi connectivity index (χ2v) is 8.55. The predicted octanol–water partition coefficient (Wildman–Crippen LogP) is 5.13. The molecule has 28 heavy (non-hydrogen) atoms. The molecule has 142 valence electrons. The Morgan fingerprint density at radius 3 is 2.68 bits per heavy atom. The van der Waals surface area contributed by atoms with Crippen LogP contribution in [0.3, 0.4) is 0 Å². The van der Waals surface area contributed by atoms with E-state index in [1.54, 1.807) is 24.1 Å². The zero-order valence-corrected chi connectivity index (χ0v) is 16.8. The number of cyclic esters (lactones) is 1. The lowest BCUT2D eigenvalue weighted by atomic mass is 9.93. The van der Waals surface area contributed by atoms with E-state index in [0.29, 0.717) is 28.4 Å². The van der Waals surface area contributed by atoms with Gasteiger partial charge in [-0.05, 0) is 41.5 Å². The van der Waals surface area contributed by atoms with Gasteiger partial charge in [-0.1, -0.05) is 41.9 Å². The van der Waals surface area contributed by atoms with Crippen molar-refractivity contribution in [3.8, 4) is 0 Å². The van der Waals surface area contributed by atoms with Gasteiger partial charge in [0.1, 0.15) is 6.10 Å². The summed E-state index contributed by atoms with van der Waals surface area (Å²) >= 11 is 7.43. The Labute approximate surface area is 172 Å². The number of thiophene rings is 1. The van der Waals surface area contributed by atoms with Gasteiger partial charge < -0.3 is 9.64 Å². The number of ether oxygens (including phenoxy) is 1. The Hall–Kier alpha value is -2.63. The van der Waals surface area contributed by atoms with E-state index in [-0.39, 0.29) is 18.0 Å². The smallest absolute Gasteiger partial charge is 0.339 e. The van der Waals surface area contributed by atoms with Gasteiger partial charge >= 0.3 is 5.97 Å². The molecule has 2 aromatic carbocycles. The van der Waals surface area contributed by atoms with Crippen molar-refractivity contribution in [1.29, 1.82) is 0 Å². The van der Waals surface area contributed by atoms with Crippen LogP contribution in [0.2, 0.25) is 4.34 Å². The average molecular weight is 412 g/mol. The lowest BCUT2D eigenvalue weighted by molar-refractivity contribution is 0.0252. The highest BCUT2D eigenvalue weighted by molar-refractivity contribution is 7.16. The van der Waals surface area contributed by atoms with Gasteiger partial charge in [-0.3, -0.25) is 4.79 Å². The first-order valence-corrected chi connectivity index (χ1v) is 10.1. The number of fused-ring (bicyclic) bond motifs is 1. The second kappa shape index (κ2) is 7.78. The van der Waals surface area contributed by atoms with E-state index >= 15 is 0 Å². The molecule has 4 rings (SSSR count). The first-order chi connectivity index (χ1) is 13.5. The summed E-state index contributed by atoms with van der Waals surface area (Å²) in [5.74, 6) is -0.446. The summed E-state index contributed by atoms with van der Waals surface area (Å²) in [7, 11) is 1.76. The summed E-state index contributed by atoms with van der Waals surface area (Å²) in [6.45, 7) is 0.488. The third kappa shape index (κ3) is 3.81. The first-order valence-electron chi connectivity index (χ1n) is 8.90. The fourth-order valence-corrected chi connectivity index (χ4v) is 4.49. The minimum atomic E-state index is -0.351. The van der Waals surface area contributed by atoms with Gasteiger partial charge in [0.2, 0.25) is 0 Å². The van der Waals surface area contributed by atoms with Crippen molar-refractivity contribution in [2.45, 2.75) is 19.1 Å². The average Bonchev–Trinajstić information content (AvgIpc) is 3.12. The molecule has 2 heterocycles. The summed E-state index contributed by atoms with van der Waals surface area (Å²) in [6.07, 6.45) is 0.216. The molecular weight excluding hydrogens is 394 g/mol. The SMILES string of the molecule is CN(Cc1ccc(Cl)s1)C(=O)c1ccc2c(c1)C[C@@H](c1ccccc1)OC2=O. The number of hydrogen-bond acceptors (Lipinski definition) is 4. The molecule has 6 heteroatoms. The van der Waals surface area contributed by atoms with E-state index in [2.05, 4.69) is 0 Å². The van der Waals surface area contributed by atoms with Gasteiger partial charge in [0.15, 0.2) is 0 Å². The fourth-order valence-electron chi connectivity index (χ4n) is 3.35. The molecule has 0 saturated carbocycles. The highest BCUT2D eigenvalue weighted by atomic mass is 35.5. The van der Waals surface area contributed by atoms with E-state index in [1.807, 2.05) is 48.5 Å². The van der Waals surface area contributed by atoms with Crippen LogP contribution in [-0.4, -0.2) is 23.8 Å². The van der Waals surface area contributed by atoms with Gasteiger partial charge in [-0.15, -0.1) is 11.3 Å². The molecule has 0 radical (unpaired) electrons. The molecule has 0 saturated heterocycles.